The third kappa shape index (κ3) is 3.09. The summed E-state index contributed by atoms with van der Waals surface area (Å²) in [5.74, 6) is -0.162. The van der Waals surface area contributed by atoms with E-state index in [0.717, 1.165) is 5.56 Å². The zero-order valence-electron chi connectivity index (χ0n) is 10.0. The molecule has 1 N–H and O–H groups in total. The van der Waals surface area contributed by atoms with Crippen LogP contribution in [-0.4, -0.2) is 16.1 Å². The van der Waals surface area contributed by atoms with Gasteiger partial charge in [0.15, 0.2) is 5.17 Å². The van der Waals surface area contributed by atoms with E-state index >= 15 is 0 Å². The molecule has 2 aromatic rings. The fourth-order valence-corrected chi connectivity index (χ4v) is 3.17. The van der Waals surface area contributed by atoms with Crippen LogP contribution in [0.15, 0.2) is 45.7 Å². The minimum absolute atomic E-state index is 0.162. The van der Waals surface area contributed by atoms with E-state index in [9.17, 15) is 4.79 Å². The van der Waals surface area contributed by atoms with Crippen molar-refractivity contribution in [2.45, 2.75) is 0 Å². The molecule has 1 aromatic carbocycles. The lowest BCUT2D eigenvalue weighted by molar-refractivity contribution is -0.115. The Morgan fingerprint density at radius 2 is 2.30 bits per heavy atom. The molecule has 1 amide bonds. The van der Waals surface area contributed by atoms with Crippen molar-refractivity contribution in [1.29, 1.82) is 0 Å². The first kappa shape index (κ1) is 13.4. The molecule has 100 valence electrons. The van der Waals surface area contributed by atoms with E-state index in [1.54, 1.807) is 24.4 Å². The molecule has 1 aromatic heterocycles. The Hall–Kier alpha value is -1.63. The summed E-state index contributed by atoms with van der Waals surface area (Å²) in [5, 5.41) is 6.35. The SMILES string of the molecule is O=C1NC(=Nc2nccs2)S/C1=C/c1cccc(Cl)c1. The average molecular weight is 322 g/mol. The van der Waals surface area contributed by atoms with Crippen LogP contribution < -0.4 is 5.32 Å². The fraction of sp³-hybridized carbons (Fsp3) is 0. The number of carbonyl (C=O) groups is 1. The molecule has 2 heterocycles. The standard InChI is InChI=1S/C13H8ClN3OS2/c14-9-3-1-2-8(6-9)7-10-11(18)16-13(20-10)17-12-15-4-5-19-12/h1-7H,(H,15,16,17,18)/b10-7+. The number of rotatable bonds is 2. The van der Waals surface area contributed by atoms with Crippen LogP contribution >= 0.6 is 34.7 Å². The van der Waals surface area contributed by atoms with Crippen molar-refractivity contribution in [2.75, 3.05) is 0 Å². The Labute approximate surface area is 128 Å². The molecule has 0 spiro atoms. The van der Waals surface area contributed by atoms with Gasteiger partial charge >= 0.3 is 0 Å². The molecule has 1 fully saturated rings. The first-order chi connectivity index (χ1) is 9.70. The monoisotopic (exact) mass is 321 g/mol. The number of amidine groups is 1. The van der Waals surface area contributed by atoms with Crippen molar-refractivity contribution in [2.24, 2.45) is 4.99 Å². The molecular formula is C13H8ClN3OS2. The molecule has 0 aliphatic carbocycles. The van der Waals surface area contributed by atoms with Crippen molar-refractivity contribution in [3.05, 3.63) is 51.3 Å². The van der Waals surface area contributed by atoms with Crippen LogP contribution in [-0.2, 0) is 4.79 Å². The number of thiazole rings is 1. The van der Waals surface area contributed by atoms with Crippen LogP contribution in [0.2, 0.25) is 5.02 Å². The first-order valence-corrected chi connectivity index (χ1v) is 7.73. The summed E-state index contributed by atoms with van der Waals surface area (Å²) in [5.41, 5.74) is 0.880. The van der Waals surface area contributed by atoms with Gasteiger partial charge in [0.05, 0.1) is 4.91 Å². The summed E-state index contributed by atoms with van der Waals surface area (Å²) >= 11 is 8.63. The number of hydrogen-bond donors (Lipinski definition) is 1. The minimum Gasteiger partial charge on any atom is -0.300 e. The van der Waals surface area contributed by atoms with E-state index in [0.29, 0.717) is 20.2 Å². The molecule has 1 saturated heterocycles. The number of amides is 1. The lowest BCUT2D eigenvalue weighted by Gasteiger charge is -1.95. The van der Waals surface area contributed by atoms with Crippen molar-refractivity contribution in [3.8, 4) is 0 Å². The van der Waals surface area contributed by atoms with Gasteiger partial charge in [-0.2, -0.15) is 4.99 Å². The van der Waals surface area contributed by atoms with Gasteiger partial charge in [-0.15, -0.1) is 11.3 Å². The van der Waals surface area contributed by atoms with Crippen LogP contribution in [0.4, 0.5) is 5.13 Å². The highest BCUT2D eigenvalue weighted by atomic mass is 35.5. The highest BCUT2D eigenvalue weighted by Crippen LogP contribution is 2.28. The summed E-state index contributed by atoms with van der Waals surface area (Å²) in [6.07, 6.45) is 3.46. The van der Waals surface area contributed by atoms with E-state index in [2.05, 4.69) is 15.3 Å². The maximum atomic E-state index is 11.9. The third-order valence-electron chi connectivity index (χ3n) is 2.41. The second kappa shape index (κ2) is 5.78. The molecule has 0 atom stereocenters. The van der Waals surface area contributed by atoms with Crippen molar-refractivity contribution >= 4 is 57.0 Å². The number of nitrogens with one attached hydrogen (secondary N) is 1. The quantitative estimate of drug-likeness (QED) is 0.858. The number of aromatic nitrogens is 1. The van der Waals surface area contributed by atoms with Gasteiger partial charge in [-0.3, -0.25) is 4.79 Å². The van der Waals surface area contributed by atoms with Gasteiger partial charge in [0, 0.05) is 16.6 Å². The molecule has 0 radical (unpaired) electrons. The molecule has 7 heteroatoms. The van der Waals surface area contributed by atoms with Crippen LogP contribution in [0, 0.1) is 0 Å². The van der Waals surface area contributed by atoms with Crippen LogP contribution in [0.1, 0.15) is 5.56 Å². The van der Waals surface area contributed by atoms with Crippen molar-refractivity contribution < 1.29 is 4.79 Å². The molecule has 0 bridgehead atoms. The van der Waals surface area contributed by atoms with Gasteiger partial charge in [0.1, 0.15) is 0 Å². The number of aliphatic imine (C=N–C) groups is 1. The van der Waals surface area contributed by atoms with Gasteiger partial charge in [0.2, 0.25) is 5.13 Å². The van der Waals surface area contributed by atoms with E-state index in [1.807, 2.05) is 17.5 Å². The van der Waals surface area contributed by atoms with Gasteiger partial charge in [-0.25, -0.2) is 4.98 Å². The Bertz CT molecular complexity index is 710. The second-order valence-electron chi connectivity index (χ2n) is 3.85. The number of halogens is 1. The average Bonchev–Trinajstić information content (AvgIpc) is 3.01. The molecule has 1 aliphatic heterocycles. The molecule has 20 heavy (non-hydrogen) atoms. The number of thioether (sulfide) groups is 1. The Kier molecular flexibility index (Phi) is 3.86. The van der Waals surface area contributed by atoms with Crippen molar-refractivity contribution in [1.82, 2.24) is 10.3 Å². The van der Waals surface area contributed by atoms with Crippen LogP contribution in [0.5, 0.6) is 0 Å². The lowest BCUT2D eigenvalue weighted by atomic mass is 10.2. The number of benzene rings is 1. The predicted octanol–water partition coefficient (Wildman–Crippen LogP) is 3.69. The van der Waals surface area contributed by atoms with Crippen LogP contribution in [0.25, 0.3) is 6.08 Å². The Balaban J connectivity index is 1.84. The molecule has 3 rings (SSSR count). The zero-order valence-corrected chi connectivity index (χ0v) is 12.4. The predicted molar refractivity (Wildman–Crippen MR) is 84.4 cm³/mol. The lowest BCUT2D eigenvalue weighted by Crippen LogP contribution is -2.19. The summed E-state index contributed by atoms with van der Waals surface area (Å²) in [4.78, 5) is 20.8. The first-order valence-electron chi connectivity index (χ1n) is 5.65. The highest BCUT2D eigenvalue weighted by molar-refractivity contribution is 8.18. The van der Waals surface area contributed by atoms with Gasteiger partial charge in [0.25, 0.3) is 5.91 Å². The molecular weight excluding hydrogens is 314 g/mol. The summed E-state index contributed by atoms with van der Waals surface area (Å²) in [6, 6.07) is 7.33. The van der Waals surface area contributed by atoms with Crippen molar-refractivity contribution in [3.63, 3.8) is 0 Å². The number of carbonyl (C=O) groups excluding carboxylic acids is 1. The highest BCUT2D eigenvalue weighted by Gasteiger charge is 2.24. The van der Waals surface area contributed by atoms with Gasteiger partial charge in [-0.1, -0.05) is 23.7 Å². The Morgan fingerprint density at radius 3 is 3.05 bits per heavy atom. The maximum Gasteiger partial charge on any atom is 0.264 e. The second-order valence-corrected chi connectivity index (χ2v) is 6.19. The normalized spacial score (nSPS) is 18.8. The Morgan fingerprint density at radius 1 is 1.40 bits per heavy atom. The molecule has 0 saturated carbocycles. The topological polar surface area (TPSA) is 54.4 Å². The molecule has 0 unspecified atom stereocenters. The molecule has 4 nitrogen and oxygen atoms in total. The summed E-state index contributed by atoms with van der Waals surface area (Å²) in [7, 11) is 0. The summed E-state index contributed by atoms with van der Waals surface area (Å²) in [6.45, 7) is 0. The molecule has 1 aliphatic rings. The van der Waals surface area contributed by atoms with E-state index < -0.39 is 0 Å². The smallest absolute Gasteiger partial charge is 0.264 e. The fourth-order valence-electron chi connectivity index (χ4n) is 1.59. The third-order valence-corrected chi connectivity index (χ3v) is 4.22. The van der Waals surface area contributed by atoms with E-state index in [-0.39, 0.29) is 5.91 Å². The zero-order chi connectivity index (χ0) is 13.9. The van der Waals surface area contributed by atoms with Gasteiger partial charge < -0.3 is 5.32 Å². The van der Waals surface area contributed by atoms with Crippen LogP contribution in [0.3, 0.4) is 0 Å². The maximum absolute atomic E-state index is 11.9. The van der Waals surface area contributed by atoms with E-state index in [1.165, 1.54) is 23.1 Å². The van der Waals surface area contributed by atoms with Gasteiger partial charge in [-0.05, 0) is 35.5 Å². The number of nitrogens with zero attached hydrogens (tertiary/aromatic N) is 2. The largest absolute Gasteiger partial charge is 0.300 e. The minimum atomic E-state index is -0.162. The van der Waals surface area contributed by atoms with E-state index in [4.69, 9.17) is 11.6 Å². The number of hydrogen-bond acceptors (Lipinski definition) is 5. The summed E-state index contributed by atoms with van der Waals surface area (Å²) < 4.78 is 0.